The van der Waals surface area contributed by atoms with Gasteiger partial charge in [0.2, 0.25) is 5.91 Å². The van der Waals surface area contributed by atoms with E-state index in [1.54, 1.807) is 30.0 Å². The molecule has 0 unspecified atom stereocenters. The topological polar surface area (TPSA) is 99.0 Å². The second kappa shape index (κ2) is 10.8. The predicted molar refractivity (Wildman–Crippen MR) is 132 cm³/mol. The van der Waals surface area contributed by atoms with E-state index in [2.05, 4.69) is 40.4 Å². The van der Waals surface area contributed by atoms with Gasteiger partial charge in [0.15, 0.2) is 8.32 Å². The van der Waals surface area contributed by atoms with Crippen molar-refractivity contribution in [1.82, 2.24) is 4.90 Å². The molecule has 1 amide bonds. The first kappa shape index (κ1) is 27.1. The zero-order valence-corrected chi connectivity index (χ0v) is 22.0. The number of likely N-dealkylation sites (tertiary alicyclic amines) is 1. The molecule has 1 heterocycles. The standard InChI is InChI=1S/C23H34N2O6SSi/c1-8-13-32-22-20(16(2)31-33(6,7)23(3,4)5)21(27)24(22)14-19(26)30-15-17-9-11-18(12-10-17)25(28)29/h8-12,16,20,22H,1,13-15H2,2-7H3/t16-,20+,22-/m1/s1. The average Bonchev–Trinajstić information content (AvgIpc) is 2.72. The molecule has 0 aromatic heterocycles. The normalized spacial score (nSPS) is 19.6. The summed E-state index contributed by atoms with van der Waals surface area (Å²) in [6, 6.07) is 5.80. The summed E-state index contributed by atoms with van der Waals surface area (Å²) in [5.74, 6) is -0.320. The van der Waals surface area contributed by atoms with Crippen LogP contribution in [-0.4, -0.2) is 53.8 Å². The zero-order chi connectivity index (χ0) is 25.0. The number of β-lactam (4-membered cyclic amide) rings is 1. The Morgan fingerprint density at radius 1 is 1.33 bits per heavy atom. The number of carbonyl (C=O) groups is 2. The van der Waals surface area contributed by atoms with Crippen LogP contribution in [0.5, 0.6) is 0 Å². The van der Waals surface area contributed by atoms with Gasteiger partial charge in [0.25, 0.3) is 5.69 Å². The summed E-state index contributed by atoms with van der Waals surface area (Å²) in [7, 11) is -2.05. The van der Waals surface area contributed by atoms with E-state index in [-0.39, 0.29) is 47.2 Å². The number of rotatable bonds is 11. The highest BCUT2D eigenvalue weighted by atomic mass is 32.2. The molecule has 0 saturated carbocycles. The third kappa shape index (κ3) is 6.67. The number of benzene rings is 1. The Kier molecular flexibility index (Phi) is 8.89. The number of amides is 1. The number of ether oxygens (including phenoxy) is 1. The van der Waals surface area contributed by atoms with Gasteiger partial charge in [-0.2, -0.15) is 0 Å². The highest BCUT2D eigenvalue weighted by Crippen LogP contribution is 2.42. The summed E-state index contributed by atoms with van der Waals surface area (Å²) in [6.07, 6.45) is 1.52. The van der Waals surface area contributed by atoms with E-state index in [0.717, 1.165) is 0 Å². The lowest BCUT2D eigenvalue weighted by Crippen LogP contribution is -2.65. The van der Waals surface area contributed by atoms with Crippen LogP contribution in [0.1, 0.15) is 33.3 Å². The Morgan fingerprint density at radius 2 is 1.94 bits per heavy atom. The van der Waals surface area contributed by atoms with Crippen molar-refractivity contribution in [1.29, 1.82) is 0 Å². The van der Waals surface area contributed by atoms with Gasteiger partial charge < -0.3 is 14.1 Å². The fraction of sp³-hybridized carbons (Fsp3) is 0.565. The molecule has 1 aromatic rings. The number of thioether (sulfide) groups is 1. The molecule has 0 radical (unpaired) electrons. The smallest absolute Gasteiger partial charge is 0.326 e. The van der Waals surface area contributed by atoms with Crippen molar-refractivity contribution in [2.45, 2.75) is 63.9 Å². The molecule has 0 bridgehead atoms. The molecule has 33 heavy (non-hydrogen) atoms. The highest BCUT2D eigenvalue weighted by Gasteiger charge is 2.53. The van der Waals surface area contributed by atoms with Gasteiger partial charge in [0.1, 0.15) is 13.2 Å². The molecule has 1 aliphatic heterocycles. The van der Waals surface area contributed by atoms with Crippen LogP contribution in [0.4, 0.5) is 5.69 Å². The number of non-ortho nitro benzene ring substituents is 1. The molecule has 3 atom stereocenters. The molecule has 1 aromatic carbocycles. The Balaban J connectivity index is 1.99. The number of hydrogen-bond acceptors (Lipinski definition) is 7. The van der Waals surface area contributed by atoms with E-state index in [4.69, 9.17) is 9.16 Å². The maximum Gasteiger partial charge on any atom is 0.326 e. The number of hydrogen-bond donors (Lipinski definition) is 0. The third-order valence-electron chi connectivity index (χ3n) is 6.21. The van der Waals surface area contributed by atoms with Gasteiger partial charge in [-0.1, -0.05) is 26.8 Å². The Bertz CT molecular complexity index is 884. The fourth-order valence-electron chi connectivity index (χ4n) is 3.29. The van der Waals surface area contributed by atoms with Crippen molar-refractivity contribution in [2.24, 2.45) is 5.92 Å². The van der Waals surface area contributed by atoms with Crippen LogP contribution in [-0.2, 0) is 25.4 Å². The summed E-state index contributed by atoms with van der Waals surface area (Å²) < 4.78 is 11.8. The van der Waals surface area contributed by atoms with E-state index in [0.29, 0.717) is 11.3 Å². The zero-order valence-electron chi connectivity index (χ0n) is 20.2. The molecular weight excluding hydrogens is 460 g/mol. The maximum atomic E-state index is 13.0. The number of carbonyl (C=O) groups excluding carboxylic acids is 2. The van der Waals surface area contributed by atoms with Gasteiger partial charge in [0, 0.05) is 17.9 Å². The van der Waals surface area contributed by atoms with Crippen molar-refractivity contribution in [3.05, 3.63) is 52.6 Å². The summed E-state index contributed by atoms with van der Waals surface area (Å²) in [6.45, 7) is 16.3. The number of nitrogens with zero attached hydrogens (tertiary/aromatic N) is 2. The fourth-order valence-corrected chi connectivity index (χ4v) is 5.95. The van der Waals surface area contributed by atoms with Gasteiger partial charge in [-0.05, 0) is 42.8 Å². The van der Waals surface area contributed by atoms with Crippen molar-refractivity contribution in [3.63, 3.8) is 0 Å². The van der Waals surface area contributed by atoms with Crippen LogP contribution in [0.15, 0.2) is 36.9 Å². The van der Waals surface area contributed by atoms with Gasteiger partial charge in [-0.15, -0.1) is 18.3 Å². The van der Waals surface area contributed by atoms with E-state index in [1.165, 1.54) is 17.0 Å². The van der Waals surface area contributed by atoms with Crippen molar-refractivity contribution in [3.8, 4) is 0 Å². The van der Waals surface area contributed by atoms with Gasteiger partial charge in [-0.3, -0.25) is 19.7 Å². The summed E-state index contributed by atoms with van der Waals surface area (Å²) in [4.78, 5) is 37.2. The van der Waals surface area contributed by atoms with Crippen LogP contribution < -0.4 is 0 Å². The van der Waals surface area contributed by atoms with Gasteiger partial charge in [0.05, 0.1) is 22.3 Å². The molecule has 2 rings (SSSR count). The molecule has 182 valence electrons. The van der Waals surface area contributed by atoms with E-state index in [9.17, 15) is 19.7 Å². The van der Waals surface area contributed by atoms with Crippen LogP contribution >= 0.6 is 11.8 Å². The largest absolute Gasteiger partial charge is 0.459 e. The second-order valence-electron chi connectivity index (χ2n) is 9.67. The molecule has 1 saturated heterocycles. The Morgan fingerprint density at radius 3 is 2.45 bits per heavy atom. The van der Waals surface area contributed by atoms with Gasteiger partial charge >= 0.3 is 5.97 Å². The molecule has 0 N–H and O–H groups in total. The Labute approximate surface area is 201 Å². The Hall–Kier alpha value is -2.17. The molecule has 1 aliphatic rings. The molecular formula is C23H34N2O6SSi. The quantitative estimate of drug-likeness (QED) is 0.109. The SMILES string of the molecule is C=CCS[C@@H]1[C@@H]([C@@H](C)O[Si](C)(C)C(C)(C)C)C(=O)N1CC(=O)OCc1ccc([N+](=O)[O-])cc1. The van der Waals surface area contributed by atoms with E-state index in [1.807, 2.05) is 6.92 Å². The molecule has 0 spiro atoms. The maximum absolute atomic E-state index is 13.0. The van der Waals surface area contributed by atoms with Crippen LogP contribution in [0.3, 0.4) is 0 Å². The monoisotopic (exact) mass is 494 g/mol. The van der Waals surface area contributed by atoms with E-state index >= 15 is 0 Å². The van der Waals surface area contributed by atoms with Crippen molar-refractivity contribution in [2.75, 3.05) is 12.3 Å². The molecule has 10 heteroatoms. The van der Waals surface area contributed by atoms with E-state index < -0.39 is 19.2 Å². The number of nitro benzene ring substituents is 1. The molecule has 1 fully saturated rings. The number of esters is 1. The lowest BCUT2D eigenvalue weighted by atomic mass is 9.93. The second-order valence-corrected chi connectivity index (χ2v) is 15.6. The molecule has 0 aliphatic carbocycles. The minimum atomic E-state index is -2.05. The average molecular weight is 495 g/mol. The lowest BCUT2D eigenvalue weighted by molar-refractivity contribution is -0.384. The van der Waals surface area contributed by atoms with Crippen LogP contribution in [0.2, 0.25) is 18.1 Å². The third-order valence-corrected chi connectivity index (χ3v) is 12.1. The molecule has 8 nitrogen and oxygen atoms in total. The van der Waals surface area contributed by atoms with Crippen LogP contribution in [0, 0.1) is 16.0 Å². The summed E-state index contributed by atoms with van der Waals surface area (Å²) in [5, 5.41) is 10.6. The summed E-state index contributed by atoms with van der Waals surface area (Å²) in [5.41, 5.74) is 0.606. The number of nitro groups is 1. The first-order chi connectivity index (χ1) is 15.3. The minimum absolute atomic E-state index is 0.0162. The highest BCUT2D eigenvalue weighted by molar-refractivity contribution is 8.00. The first-order valence-corrected chi connectivity index (χ1v) is 14.8. The first-order valence-electron chi connectivity index (χ1n) is 10.9. The van der Waals surface area contributed by atoms with Crippen molar-refractivity contribution >= 4 is 37.6 Å². The van der Waals surface area contributed by atoms with Crippen molar-refractivity contribution < 1.29 is 23.7 Å². The summed E-state index contributed by atoms with van der Waals surface area (Å²) >= 11 is 1.56. The lowest BCUT2D eigenvalue weighted by Gasteiger charge is -2.50. The van der Waals surface area contributed by atoms with Crippen LogP contribution in [0.25, 0.3) is 0 Å². The predicted octanol–water partition coefficient (Wildman–Crippen LogP) is 4.75. The van der Waals surface area contributed by atoms with Gasteiger partial charge in [-0.25, -0.2) is 0 Å². The minimum Gasteiger partial charge on any atom is -0.459 e.